The minimum atomic E-state index is -1.01. The van der Waals surface area contributed by atoms with Crippen molar-refractivity contribution in [3.05, 3.63) is 82.9 Å². The lowest BCUT2D eigenvalue weighted by atomic mass is 9.81. The summed E-state index contributed by atoms with van der Waals surface area (Å²) in [5, 5.41) is 19.6. The van der Waals surface area contributed by atoms with Gasteiger partial charge in [0, 0.05) is 0 Å². The van der Waals surface area contributed by atoms with Crippen LogP contribution in [0.25, 0.3) is 22.3 Å². The number of carbonyl (C=O) groups is 2. The van der Waals surface area contributed by atoms with Crippen molar-refractivity contribution in [3.63, 3.8) is 0 Å². The van der Waals surface area contributed by atoms with Crippen molar-refractivity contribution < 1.29 is 19.8 Å². The molecule has 0 saturated carbocycles. The predicted octanol–water partition coefficient (Wildman–Crippen LogP) is 6.66. The first-order chi connectivity index (χ1) is 14.2. The molecule has 30 heavy (non-hydrogen) atoms. The predicted molar refractivity (Wildman–Crippen MR) is 119 cm³/mol. The second-order valence-electron chi connectivity index (χ2n) is 8.04. The molecule has 0 heterocycles. The first-order valence-corrected chi connectivity index (χ1v) is 10.1. The molecule has 0 saturated heterocycles. The van der Waals surface area contributed by atoms with E-state index in [1.165, 1.54) is 0 Å². The third-order valence-electron chi connectivity index (χ3n) is 5.35. The Labute approximate surface area is 176 Å². The van der Waals surface area contributed by atoms with E-state index in [0.29, 0.717) is 11.1 Å². The topological polar surface area (TPSA) is 74.6 Å². The molecule has 4 heteroatoms. The SMILES string of the molecule is CC(C)c1cc(-c2ccccc2C(=O)O)c(-c2ccccc2C(=O)O)c(C(C)C)c1. The van der Waals surface area contributed by atoms with Crippen LogP contribution in [0.15, 0.2) is 60.7 Å². The number of benzene rings is 3. The van der Waals surface area contributed by atoms with Crippen LogP contribution in [0, 0.1) is 0 Å². The maximum Gasteiger partial charge on any atom is 0.336 e. The highest BCUT2D eigenvalue weighted by atomic mass is 16.4. The van der Waals surface area contributed by atoms with E-state index in [2.05, 4.69) is 33.8 Å². The van der Waals surface area contributed by atoms with Gasteiger partial charge in [-0.1, -0.05) is 76.2 Å². The van der Waals surface area contributed by atoms with E-state index in [1.54, 1.807) is 36.4 Å². The molecule has 0 spiro atoms. The van der Waals surface area contributed by atoms with E-state index in [0.717, 1.165) is 22.3 Å². The van der Waals surface area contributed by atoms with Gasteiger partial charge in [-0.15, -0.1) is 0 Å². The quantitative estimate of drug-likeness (QED) is 0.483. The molecule has 154 valence electrons. The van der Waals surface area contributed by atoms with Crippen molar-refractivity contribution in [1.29, 1.82) is 0 Å². The first-order valence-electron chi connectivity index (χ1n) is 10.1. The molecule has 3 aromatic rings. The molecule has 0 aromatic heterocycles. The zero-order chi connectivity index (χ0) is 22.0. The van der Waals surface area contributed by atoms with E-state index in [4.69, 9.17) is 0 Å². The Morgan fingerprint density at radius 2 is 1.17 bits per heavy atom. The zero-order valence-electron chi connectivity index (χ0n) is 17.6. The molecule has 0 aliphatic heterocycles. The van der Waals surface area contributed by atoms with Crippen LogP contribution in [0.3, 0.4) is 0 Å². The highest BCUT2D eigenvalue weighted by molar-refractivity contribution is 6.03. The van der Waals surface area contributed by atoms with Crippen LogP contribution in [-0.2, 0) is 0 Å². The number of carboxylic acid groups (broad SMARTS) is 2. The van der Waals surface area contributed by atoms with Crippen LogP contribution < -0.4 is 0 Å². The average Bonchev–Trinajstić information content (AvgIpc) is 2.72. The van der Waals surface area contributed by atoms with Gasteiger partial charge in [0.05, 0.1) is 11.1 Å². The van der Waals surface area contributed by atoms with Gasteiger partial charge in [-0.25, -0.2) is 9.59 Å². The van der Waals surface area contributed by atoms with Gasteiger partial charge < -0.3 is 10.2 Å². The zero-order valence-corrected chi connectivity index (χ0v) is 17.6. The highest BCUT2D eigenvalue weighted by Crippen LogP contribution is 2.42. The number of hydrogen-bond acceptors (Lipinski definition) is 2. The third kappa shape index (κ3) is 3.99. The monoisotopic (exact) mass is 402 g/mol. The van der Waals surface area contributed by atoms with Crippen molar-refractivity contribution in [3.8, 4) is 22.3 Å². The molecule has 0 fully saturated rings. The van der Waals surface area contributed by atoms with Crippen LogP contribution in [0.4, 0.5) is 0 Å². The Kier molecular flexibility index (Phi) is 6.06. The minimum Gasteiger partial charge on any atom is -0.478 e. The van der Waals surface area contributed by atoms with Crippen LogP contribution in [0.1, 0.15) is 71.4 Å². The van der Waals surface area contributed by atoms with Crippen LogP contribution in [0.2, 0.25) is 0 Å². The average molecular weight is 402 g/mol. The molecule has 3 aromatic carbocycles. The summed E-state index contributed by atoms with van der Waals surface area (Å²) in [6.45, 7) is 8.33. The van der Waals surface area contributed by atoms with Crippen molar-refractivity contribution in [2.75, 3.05) is 0 Å². The number of rotatable bonds is 6. The lowest BCUT2D eigenvalue weighted by Gasteiger charge is -2.23. The van der Waals surface area contributed by atoms with Crippen LogP contribution >= 0.6 is 0 Å². The van der Waals surface area contributed by atoms with E-state index in [-0.39, 0.29) is 23.0 Å². The van der Waals surface area contributed by atoms with Gasteiger partial charge in [-0.2, -0.15) is 0 Å². The maximum absolute atomic E-state index is 12.0. The number of aromatic carboxylic acids is 2. The minimum absolute atomic E-state index is 0.122. The third-order valence-corrected chi connectivity index (χ3v) is 5.35. The first kappa shape index (κ1) is 21.3. The molecule has 0 amide bonds. The summed E-state index contributed by atoms with van der Waals surface area (Å²) < 4.78 is 0. The summed E-state index contributed by atoms with van der Waals surface area (Å²) in [5.74, 6) is -1.66. The molecule has 0 atom stereocenters. The molecule has 4 nitrogen and oxygen atoms in total. The van der Waals surface area contributed by atoms with Gasteiger partial charge >= 0.3 is 11.9 Å². The molecule has 2 N–H and O–H groups in total. The molecule has 0 aliphatic carbocycles. The van der Waals surface area contributed by atoms with Crippen molar-refractivity contribution in [2.45, 2.75) is 39.5 Å². The standard InChI is InChI=1S/C26H26O4/c1-15(2)17-13-22(16(3)4)24(19-10-6-8-12-21(19)26(29)30)23(14-17)18-9-5-7-11-20(18)25(27)28/h5-16H,1-4H3,(H,27,28)(H,29,30). The Morgan fingerprint density at radius 3 is 1.67 bits per heavy atom. The summed E-state index contributed by atoms with van der Waals surface area (Å²) in [6, 6.07) is 17.9. The normalized spacial score (nSPS) is 11.1. The second-order valence-corrected chi connectivity index (χ2v) is 8.04. The van der Waals surface area contributed by atoms with E-state index in [9.17, 15) is 19.8 Å². The van der Waals surface area contributed by atoms with Gasteiger partial charge in [-0.05, 0) is 57.3 Å². The van der Waals surface area contributed by atoms with E-state index >= 15 is 0 Å². The van der Waals surface area contributed by atoms with Gasteiger partial charge in [0.15, 0.2) is 0 Å². The van der Waals surface area contributed by atoms with Crippen LogP contribution in [-0.4, -0.2) is 22.2 Å². The fourth-order valence-electron chi connectivity index (χ4n) is 3.78. The molecule has 0 bridgehead atoms. The Morgan fingerprint density at radius 1 is 0.667 bits per heavy atom. The Bertz CT molecular complexity index is 1110. The summed E-state index contributed by atoms with van der Waals surface area (Å²) >= 11 is 0. The molecular weight excluding hydrogens is 376 g/mol. The van der Waals surface area contributed by atoms with Gasteiger partial charge in [0.2, 0.25) is 0 Å². The molecule has 0 unspecified atom stereocenters. The van der Waals surface area contributed by atoms with Gasteiger partial charge in [0.1, 0.15) is 0 Å². The smallest absolute Gasteiger partial charge is 0.336 e. The molecule has 0 radical (unpaired) electrons. The highest BCUT2D eigenvalue weighted by Gasteiger charge is 2.23. The summed E-state index contributed by atoms with van der Waals surface area (Å²) in [7, 11) is 0. The van der Waals surface area contributed by atoms with E-state index < -0.39 is 11.9 Å². The van der Waals surface area contributed by atoms with E-state index in [1.807, 2.05) is 18.2 Å². The van der Waals surface area contributed by atoms with Crippen molar-refractivity contribution >= 4 is 11.9 Å². The largest absolute Gasteiger partial charge is 0.478 e. The lowest BCUT2D eigenvalue weighted by Crippen LogP contribution is -2.06. The Hall–Kier alpha value is -3.40. The second kappa shape index (κ2) is 8.54. The molecule has 3 rings (SSSR count). The summed E-state index contributed by atoms with van der Waals surface area (Å²) in [5.41, 5.74) is 5.20. The fraction of sp³-hybridized carbons (Fsp3) is 0.231. The summed E-state index contributed by atoms with van der Waals surface area (Å²) in [6.07, 6.45) is 0. The number of hydrogen-bond donors (Lipinski definition) is 2. The van der Waals surface area contributed by atoms with Crippen molar-refractivity contribution in [2.24, 2.45) is 0 Å². The van der Waals surface area contributed by atoms with Gasteiger partial charge in [-0.3, -0.25) is 0 Å². The molecule has 0 aliphatic rings. The number of carboxylic acids is 2. The fourth-order valence-corrected chi connectivity index (χ4v) is 3.78. The lowest BCUT2D eigenvalue weighted by molar-refractivity contribution is 0.0686. The van der Waals surface area contributed by atoms with Crippen molar-refractivity contribution in [1.82, 2.24) is 0 Å². The maximum atomic E-state index is 12.0. The Balaban J connectivity index is 2.51. The summed E-state index contributed by atoms with van der Waals surface area (Å²) in [4.78, 5) is 23.9. The van der Waals surface area contributed by atoms with Gasteiger partial charge in [0.25, 0.3) is 0 Å². The van der Waals surface area contributed by atoms with Crippen LogP contribution in [0.5, 0.6) is 0 Å². The molecular formula is C26H26O4.